The van der Waals surface area contributed by atoms with Crippen LogP contribution in [-0.2, 0) is 17.3 Å². The molecule has 2 atom stereocenters. The molecule has 8 heteroatoms. The summed E-state index contributed by atoms with van der Waals surface area (Å²) >= 11 is 3.41. The van der Waals surface area contributed by atoms with Gasteiger partial charge in [-0.2, -0.15) is 0 Å². The first kappa shape index (κ1) is 15.1. The minimum atomic E-state index is -0.840. The van der Waals surface area contributed by atoms with Gasteiger partial charge in [-0.15, -0.1) is 5.10 Å². The molecule has 1 heterocycles. The molecule has 0 spiro atoms. The maximum atomic E-state index is 11.4. The molecule has 0 aliphatic carbocycles. The fourth-order valence-electron chi connectivity index (χ4n) is 1.77. The lowest BCUT2D eigenvalue weighted by atomic mass is 10.2. The van der Waals surface area contributed by atoms with Gasteiger partial charge >= 0.3 is 0 Å². The number of nitrogen functional groups attached to an aromatic ring is 1. The Bertz CT molecular complexity index is 610. The normalized spacial score (nSPS) is 14.2. The van der Waals surface area contributed by atoms with Crippen molar-refractivity contribution in [3.05, 3.63) is 22.7 Å². The molecule has 0 amide bonds. The molecule has 0 bridgehead atoms. The molecular formula is C12H16BrN5OS. The van der Waals surface area contributed by atoms with Crippen LogP contribution < -0.4 is 5.73 Å². The molecule has 2 aromatic rings. The minimum absolute atomic E-state index is 0.111. The van der Waals surface area contributed by atoms with Gasteiger partial charge in [-0.05, 0) is 35.0 Å². The SMILES string of the molecule is CC(CCn1nnnc1-c1cc(N)cc(Br)c1)S(C)=O. The molecule has 2 unspecified atom stereocenters. The smallest absolute Gasteiger partial charge is 0.182 e. The third kappa shape index (κ3) is 3.63. The van der Waals surface area contributed by atoms with Gasteiger partial charge < -0.3 is 5.73 Å². The van der Waals surface area contributed by atoms with Crippen molar-refractivity contribution in [1.82, 2.24) is 20.2 Å². The average Bonchev–Trinajstić information content (AvgIpc) is 2.82. The second-order valence-corrected chi connectivity index (χ2v) is 7.31. The van der Waals surface area contributed by atoms with E-state index < -0.39 is 10.8 Å². The van der Waals surface area contributed by atoms with Crippen LogP contribution >= 0.6 is 15.9 Å². The van der Waals surface area contributed by atoms with E-state index >= 15 is 0 Å². The van der Waals surface area contributed by atoms with E-state index in [1.807, 2.05) is 25.1 Å². The van der Waals surface area contributed by atoms with Gasteiger partial charge in [-0.3, -0.25) is 4.21 Å². The summed E-state index contributed by atoms with van der Waals surface area (Å²) in [6.07, 6.45) is 2.46. The monoisotopic (exact) mass is 357 g/mol. The van der Waals surface area contributed by atoms with E-state index in [1.54, 1.807) is 10.9 Å². The van der Waals surface area contributed by atoms with Gasteiger partial charge in [-0.1, -0.05) is 22.9 Å². The number of anilines is 1. The number of benzene rings is 1. The lowest BCUT2D eigenvalue weighted by Crippen LogP contribution is -2.14. The molecule has 0 saturated heterocycles. The predicted octanol–water partition coefficient (Wildman–Crippen LogP) is 1.84. The van der Waals surface area contributed by atoms with Crippen LogP contribution in [-0.4, -0.2) is 35.9 Å². The Morgan fingerprint density at radius 1 is 1.45 bits per heavy atom. The Labute approximate surface area is 128 Å². The molecule has 0 saturated carbocycles. The first-order valence-electron chi connectivity index (χ1n) is 6.12. The molecule has 1 aromatic carbocycles. The molecule has 1 aromatic heterocycles. The number of tetrazole rings is 1. The third-order valence-electron chi connectivity index (χ3n) is 3.02. The number of nitrogens with two attached hydrogens (primary N) is 1. The molecule has 0 radical (unpaired) electrons. The van der Waals surface area contributed by atoms with Crippen LogP contribution in [0.2, 0.25) is 0 Å². The predicted molar refractivity (Wildman–Crippen MR) is 83.5 cm³/mol. The number of hydrogen-bond donors (Lipinski definition) is 1. The standard InChI is InChI=1S/C12H16BrN5OS/c1-8(20(2)19)3-4-18-12(15-16-17-18)9-5-10(13)7-11(14)6-9/h5-8H,3-4,14H2,1-2H3. The van der Waals surface area contributed by atoms with Gasteiger partial charge in [0.1, 0.15) is 0 Å². The van der Waals surface area contributed by atoms with Crippen molar-refractivity contribution in [2.45, 2.75) is 25.1 Å². The summed E-state index contributed by atoms with van der Waals surface area (Å²) in [6, 6.07) is 5.56. The van der Waals surface area contributed by atoms with Crippen molar-refractivity contribution < 1.29 is 4.21 Å². The van der Waals surface area contributed by atoms with Gasteiger partial charge in [0.05, 0.1) is 0 Å². The molecular weight excluding hydrogens is 342 g/mol. The number of nitrogens with zero attached hydrogens (tertiary/aromatic N) is 4. The van der Waals surface area contributed by atoms with Gasteiger partial charge in [0.15, 0.2) is 5.82 Å². The summed E-state index contributed by atoms with van der Waals surface area (Å²) in [5, 5.41) is 11.8. The molecule has 108 valence electrons. The fourth-order valence-corrected chi connectivity index (χ4v) is 2.72. The van der Waals surface area contributed by atoms with Gasteiger partial charge in [0.2, 0.25) is 0 Å². The Kier molecular flexibility index (Phi) is 4.87. The zero-order valence-electron chi connectivity index (χ0n) is 11.3. The molecule has 2 rings (SSSR count). The van der Waals surface area contributed by atoms with Crippen LogP contribution in [0.5, 0.6) is 0 Å². The Balaban J connectivity index is 2.22. The second-order valence-electron chi connectivity index (χ2n) is 4.60. The Hall–Kier alpha value is -1.28. The summed E-state index contributed by atoms with van der Waals surface area (Å²) < 4.78 is 14.0. The number of rotatable bonds is 5. The van der Waals surface area contributed by atoms with Crippen molar-refractivity contribution in [3.63, 3.8) is 0 Å². The highest BCUT2D eigenvalue weighted by molar-refractivity contribution is 9.10. The summed E-state index contributed by atoms with van der Waals surface area (Å²) in [4.78, 5) is 0. The largest absolute Gasteiger partial charge is 0.399 e. The summed E-state index contributed by atoms with van der Waals surface area (Å²) in [6.45, 7) is 2.58. The van der Waals surface area contributed by atoms with Gasteiger partial charge in [-0.25, -0.2) is 4.68 Å². The van der Waals surface area contributed by atoms with Crippen molar-refractivity contribution in [3.8, 4) is 11.4 Å². The van der Waals surface area contributed by atoms with Crippen molar-refractivity contribution in [1.29, 1.82) is 0 Å². The summed E-state index contributed by atoms with van der Waals surface area (Å²) in [5.41, 5.74) is 7.33. The topological polar surface area (TPSA) is 86.7 Å². The van der Waals surface area contributed by atoms with Crippen molar-refractivity contribution in [2.75, 3.05) is 12.0 Å². The van der Waals surface area contributed by atoms with E-state index in [0.717, 1.165) is 16.5 Å². The van der Waals surface area contributed by atoms with E-state index in [-0.39, 0.29) is 5.25 Å². The van der Waals surface area contributed by atoms with Crippen LogP contribution in [0.4, 0.5) is 5.69 Å². The average molecular weight is 358 g/mol. The van der Waals surface area contributed by atoms with Crippen LogP contribution in [0.25, 0.3) is 11.4 Å². The minimum Gasteiger partial charge on any atom is -0.399 e. The first-order chi connectivity index (χ1) is 9.47. The molecule has 20 heavy (non-hydrogen) atoms. The number of halogens is 1. The van der Waals surface area contributed by atoms with Gasteiger partial charge in [0, 0.05) is 44.6 Å². The lowest BCUT2D eigenvalue weighted by molar-refractivity contribution is 0.556. The van der Waals surface area contributed by atoms with Gasteiger partial charge in [0.25, 0.3) is 0 Å². The molecule has 0 fully saturated rings. The zero-order chi connectivity index (χ0) is 14.7. The molecule has 6 nitrogen and oxygen atoms in total. The zero-order valence-corrected chi connectivity index (χ0v) is 13.7. The Morgan fingerprint density at radius 3 is 2.85 bits per heavy atom. The third-order valence-corrected chi connectivity index (χ3v) is 4.85. The maximum Gasteiger partial charge on any atom is 0.182 e. The van der Waals surface area contributed by atoms with E-state index in [1.165, 1.54) is 0 Å². The molecule has 2 N–H and O–H groups in total. The van der Waals surface area contributed by atoms with E-state index in [0.29, 0.717) is 18.1 Å². The second kappa shape index (κ2) is 6.45. The highest BCUT2D eigenvalue weighted by Gasteiger charge is 2.12. The van der Waals surface area contributed by atoms with E-state index in [2.05, 4.69) is 31.5 Å². The molecule has 0 aliphatic rings. The van der Waals surface area contributed by atoms with Crippen LogP contribution in [0.1, 0.15) is 13.3 Å². The highest BCUT2D eigenvalue weighted by Crippen LogP contribution is 2.24. The highest BCUT2D eigenvalue weighted by atomic mass is 79.9. The van der Waals surface area contributed by atoms with Crippen LogP contribution in [0, 0.1) is 0 Å². The Morgan fingerprint density at radius 2 is 2.20 bits per heavy atom. The quantitative estimate of drug-likeness (QED) is 0.825. The lowest BCUT2D eigenvalue weighted by Gasteiger charge is -2.09. The summed E-state index contributed by atoms with van der Waals surface area (Å²) in [5.74, 6) is 0.659. The fraction of sp³-hybridized carbons (Fsp3) is 0.417. The van der Waals surface area contributed by atoms with Crippen molar-refractivity contribution >= 4 is 32.4 Å². The van der Waals surface area contributed by atoms with Crippen LogP contribution in [0.3, 0.4) is 0 Å². The molecule has 0 aliphatic heterocycles. The van der Waals surface area contributed by atoms with Crippen molar-refractivity contribution in [2.24, 2.45) is 0 Å². The van der Waals surface area contributed by atoms with Crippen LogP contribution in [0.15, 0.2) is 22.7 Å². The maximum absolute atomic E-state index is 11.4. The number of hydrogen-bond acceptors (Lipinski definition) is 5. The number of aromatic nitrogens is 4. The van der Waals surface area contributed by atoms with E-state index in [4.69, 9.17) is 5.73 Å². The summed E-state index contributed by atoms with van der Waals surface area (Å²) in [7, 11) is -0.840. The number of aryl methyl sites for hydroxylation is 1. The van der Waals surface area contributed by atoms with E-state index in [9.17, 15) is 4.21 Å². The first-order valence-corrected chi connectivity index (χ1v) is 8.53.